The van der Waals surface area contributed by atoms with E-state index >= 15 is 0 Å². The first-order valence-electron chi connectivity index (χ1n) is 13.0. The molecule has 0 saturated carbocycles. The molecule has 0 N–H and O–H groups in total. The van der Waals surface area contributed by atoms with Crippen molar-refractivity contribution in [3.63, 3.8) is 0 Å². The molecule has 0 bridgehead atoms. The minimum absolute atomic E-state index is 0.0488. The molecule has 2 saturated heterocycles. The SMILES string of the molecule is O=S(CCN1CCC(N2CCOCC2)CC1)N(Cc1ccc(-c2nnc(C(F)F)o2)cc1)c1ccccc1. The summed E-state index contributed by atoms with van der Waals surface area (Å²) in [6.45, 7) is 6.97. The van der Waals surface area contributed by atoms with Gasteiger partial charge in [0.1, 0.15) is 11.0 Å². The molecule has 1 unspecified atom stereocenters. The van der Waals surface area contributed by atoms with Crippen molar-refractivity contribution in [2.24, 2.45) is 0 Å². The first kappa shape index (κ1) is 26.9. The smallest absolute Gasteiger partial charge is 0.314 e. The molecule has 38 heavy (non-hydrogen) atoms. The number of likely N-dealkylation sites (tertiary alicyclic amines) is 1. The lowest BCUT2D eigenvalue weighted by Gasteiger charge is -2.40. The molecular formula is C27H33F2N5O3S. The maximum absolute atomic E-state index is 13.5. The highest BCUT2D eigenvalue weighted by atomic mass is 32.2. The molecule has 3 aromatic rings. The average Bonchev–Trinajstić information content (AvgIpc) is 3.47. The number of halogens is 2. The number of nitrogens with zero attached hydrogens (tertiary/aromatic N) is 5. The van der Waals surface area contributed by atoms with Crippen LogP contribution in [0.2, 0.25) is 0 Å². The monoisotopic (exact) mass is 545 g/mol. The summed E-state index contributed by atoms with van der Waals surface area (Å²) < 4.78 is 51.5. The zero-order valence-electron chi connectivity index (χ0n) is 21.3. The number of rotatable bonds is 10. The summed E-state index contributed by atoms with van der Waals surface area (Å²) >= 11 is 0. The molecule has 8 nitrogen and oxygen atoms in total. The Labute approximate surface area is 224 Å². The predicted octanol–water partition coefficient (Wildman–Crippen LogP) is 4.14. The topological polar surface area (TPSA) is 74.9 Å². The fraction of sp³-hybridized carbons (Fsp3) is 0.481. The van der Waals surface area contributed by atoms with Gasteiger partial charge in [0.2, 0.25) is 5.89 Å². The summed E-state index contributed by atoms with van der Waals surface area (Å²) in [6, 6.07) is 17.6. The van der Waals surface area contributed by atoms with E-state index in [9.17, 15) is 13.0 Å². The van der Waals surface area contributed by atoms with Crippen molar-refractivity contribution in [2.75, 3.05) is 56.0 Å². The Kier molecular flexibility index (Phi) is 9.10. The van der Waals surface area contributed by atoms with Gasteiger partial charge in [0.25, 0.3) is 5.89 Å². The summed E-state index contributed by atoms with van der Waals surface area (Å²) in [7, 11) is -1.23. The van der Waals surface area contributed by atoms with Gasteiger partial charge < -0.3 is 14.1 Å². The third-order valence-electron chi connectivity index (χ3n) is 7.15. The fourth-order valence-corrected chi connectivity index (χ4v) is 6.29. The summed E-state index contributed by atoms with van der Waals surface area (Å²) in [5.41, 5.74) is 2.38. The van der Waals surface area contributed by atoms with Gasteiger partial charge in [-0.1, -0.05) is 30.3 Å². The number of hydrogen-bond acceptors (Lipinski definition) is 7. The van der Waals surface area contributed by atoms with Gasteiger partial charge in [-0.05, 0) is 55.8 Å². The summed E-state index contributed by atoms with van der Waals surface area (Å²) in [5.74, 6) is -0.0964. The standard InChI is InChI=1S/C27H33F2N5O3S/c28-25(29)27-31-30-26(37-27)22-8-6-21(7-9-22)20-34(24-4-2-1-3-5-24)38(35)19-16-32-12-10-23(11-13-32)33-14-17-36-18-15-33/h1-9,23,25H,10-20H2. The molecule has 1 aromatic heterocycles. The van der Waals surface area contributed by atoms with E-state index in [2.05, 4.69) is 20.0 Å². The van der Waals surface area contributed by atoms with E-state index in [-0.39, 0.29) is 5.89 Å². The van der Waals surface area contributed by atoms with Gasteiger partial charge in [-0.15, -0.1) is 10.2 Å². The number of morpholine rings is 1. The number of anilines is 1. The second-order valence-electron chi connectivity index (χ2n) is 9.56. The number of ether oxygens (including phenoxy) is 1. The Morgan fingerprint density at radius 2 is 1.68 bits per heavy atom. The van der Waals surface area contributed by atoms with Crippen LogP contribution < -0.4 is 4.31 Å². The molecule has 0 radical (unpaired) electrons. The van der Waals surface area contributed by atoms with Crippen LogP contribution in [0.3, 0.4) is 0 Å². The van der Waals surface area contributed by atoms with Crippen LogP contribution in [-0.2, 0) is 22.3 Å². The van der Waals surface area contributed by atoms with Crippen molar-refractivity contribution in [1.29, 1.82) is 0 Å². The van der Waals surface area contributed by atoms with Crippen molar-refractivity contribution in [1.82, 2.24) is 20.0 Å². The molecule has 1 atom stereocenters. The Bertz CT molecular complexity index is 1170. The maximum atomic E-state index is 13.5. The van der Waals surface area contributed by atoms with Crippen LogP contribution in [0.4, 0.5) is 14.5 Å². The van der Waals surface area contributed by atoms with Crippen molar-refractivity contribution < 1.29 is 22.1 Å². The largest absolute Gasteiger partial charge is 0.415 e. The van der Waals surface area contributed by atoms with Gasteiger partial charge in [0.05, 0.1) is 25.5 Å². The Hall–Kier alpha value is -2.73. The van der Waals surface area contributed by atoms with E-state index in [4.69, 9.17) is 9.15 Å². The highest BCUT2D eigenvalue weighted by Crippen LogP contribution is 2.25. The second kappa shape index (κ2) is 12.9. The average molecular weight is 546 g/mol. The summed E-state index contributed by atoms with van der Waals surface area (Å²) in [5, 5.41) is 7.09. The normalized spacial score (nSPS) is 18.6. The lowest BCUT2D eigenvalue weighted by molar-refractivity contribution is 0.00141. The van der Waals surface area contributed by atoms with Gasteiger partial charge in [-0.25, -0.2) is 4.21 Å². The summed E-state index contributed by atoms with van der Waals surface area (Å²) in [6.07, 6.45) is -0.526. The highest BCUT2D eigenvalue weighted by Gasteiger charge is 2.26. The molecule has 2 fully saturated rings. The van der Waals surface area contributed by atoms with E-state index in [1.165, 1.54) is 0 Å². The van der Waals surface area contributed by atoms with Gasteiger partial charge >= 0.3 is 6.43 Å². The van der Waals surface area contributed by atoms with Crippen molar-refractivity contribution in [3.8, 4) is 11.5 Å². The molecule has 0 amide bonds. The van der Waals surface area contributed by atoms with Gasteiger partial charge in [0, 0.05) is 36.9 Å². The first-order chi connectivity index (χ1) is 18.6. The zero-order chi connectivity index (χ0) is 26.3. The number of benzene rings is 2. The van der Waals surface area contributed by atoms with Crippen LogP contribution in [0, 0.1) is 0 Å². The second-order valence-corrected chi connectivity index (χ2v) is 11.1. The maximum Gasteiger partial charge on any atom is 0.314 e. The van der Waals surface area contributed by atoms with E-state index in [1.54, 1.807) is 12.1 Å². The van der Waals surface area contributed by atoms with Crippen LogP contribution in [0.5, 0.6) is 0 Å². The fourth-order valence-electron chi connectivity index (χ4n) is 5.00. The van der Waals surface area contributed by atoms with Gasteiger partial charge in [-0.3, -0.25) is 9.21 Å². The van der Waals surface area contributed by atoms with Crippen LogP contribution in [-0.4, -0.2) is 81.9 Å². The molecule has 3 heterocycles. The van der Waals surface area contributed by atoms with Crippen molar-refractivity contribution in [2.45, 2.75) is 31.9 Å². The van der Waals surface area contributed by atoms with Crippen LogP contribution in [0.15, 0.2) is 59.0 Å². The predicted molar refractivity (Wildman–Crippen MR) is 142 cm³/mol. The molecule has 2 aromatic carbocycles. The van der Waals surface area contributed by atoms with Gasteiger partial charge in [0.15, 0.2) is 0 Å². The molecule has 0 aliphatic carbocycles. The Morgan fingerprint density at radius 3 is 2.34 bits per heavy atom. The zero-order valence-corrected chi connectivity index (χ0v) is 22.1. The molecule has 0 spiro atoms. The Morgan fingerprint density at radius 1 is 0.974 bits per heavy atom. The first-order valence-corrected chi connectivity index (χ1v) is 14.3. The lowest BCUT2D eigenvalue weighted by atomic mass is 10.0. The van der Waals surface area contributed by atoms with Gasteiger partial charge in [-0.2, -0.15) is 8.78 Å². The molecule has 204 valence electrons. The van der Waals surface area contributed by atoms with E-state index in [1.807, 2.05) is 46.8 Å². The number of piperidine rings is 1. The third kappa shape index (κ3) is 6.82. The lowest BCUT2D eigenvalue weighted by Crippen LogP contribution is -2.49. The third-order valence-corrected chi connectivity index (χ3v) is 8.51. The minimum atomic E-state index is -2.80. The number of hydrogen-bond donors (Lipinski definition) is 0. The van der Waals surface area contributed by atoms with Crippen molar-refractivity contribution in [3.05, 3.63) is 66.1 Å². The van der Waals surface area contributed by atoms with Crippen LogP contribution >= 0.6 is 0 Å². The quantitative estimate of drug-likeness (QED) is 0.379. The molecule has 11 heteroatoms. The summed E-state index contributed by atoms with van der Waals surface area (Å²) in [4.78, 5) is 4.97. The molecule has 2 aliphatic heterocycles. The Balaban J connectivity index is 1.19. The highest BCUT2D eigenvalue weighted by molar-refractivity contribution is 7.86. The number of alkyl halides is 2. The number of para-hydroxylation sites is 1. The minimum Gasteiger partial charge on any atom is -0.415 e. The van der Waals surface area contributed by atoms with Crippen molar-refractivity contribution >= 4 is 16.7 Å². The van der Waals surface area contributed by atoms with Crippen LogP contribution in [0.1, 0.15) is 30.7 Å². The van der Waals surface area contributed by atoms with E-state index in [0.717, 1.165) is 70.0 Å². The molecular weight excluding hydrogens is 512 g/mol. The number of aromatic nitrogens is 2. The van der Waals surface area contributed by atoms with Crippen LogP contribution in [0.25, 0.3) is 11.5 Å². The molecule has 5 rings (SSSR count). The molecule has 2 aliphatic rings. The van der Waals surface area contributed by atoms with E-state index in [0.29, 0.717) is 23.9 Å². The van der Waals surface area contributed by atoms with E-state index < -0.39 is 23.3 Å².